The van der Waals surface area contributed by atoms with Gasteiger partial charge in [0.2, 0.25) is 6.04 Å². The van der Waals surface area contributed by atoms with Gasteiger partial charge in [0.15, 0.2) is 0 Å². The van der Waals surface area contributed by atoms with E-state index in [1.54, 1.807) is 25.3 Å². The summed E-state index contributed by atoms with van der Waals surface area (Å²) < 4.78 is 14.5. The van der Waals surface area contributed by atoms with Gasteiger partial charge in [-0.15, -0.1) is 11.3 Å². The molecule has 1 aromatic heterocycles. The second-order valence-electron chi connectivity index (χ2n) is 3.73. The number of rotatable bonds is 7. The van der Waals surface area contributed by atoms with Gasteiger partial charge in [0.05, 0.1) is 20.3 Å². The summed E-state index contributed by atoms with van der Waals surface area (Å²) in [7, 11) is 1.42. The number of hydrogen-bond donors (Lipinski definition) is 1. The van der Waals surface area contributed by atoms with Crippen molar-refractivity contribution in [1.29, 1.82) is 0 Å². The Morgan fingerprint density at radius 1 is 1.19 bits per heavy atom. The molecule has 0 fully saturated rings. The van der Waals surface area contributed by atoms with E-state index in [0.29, 0.717) is 5.75 Å². The van der Waals surface area contributed by atoms with E-state index in [-0.39, 0.29) is 18.1 Å². The molecule has 0 radical (unpaired) electrons. The number of ether oxygens (including phenoxy) is 3. The minimum absolute atomic E-state index is 0.0902. The normalized spacial score (nSPS) is 10.1. The smallest absolute Gasteiger partial charge is 0.340 e. The summed E-state index contributed by atoms with van der Waals surface area (Å²) >= 11 is 1.13. The molecule has 0 aliphatic heterocycles. The van der Waals surface area contributed by atoms with Crippen LogP contribution in [0.1, 0.15) is 23.5 Å². The van der Waals surface area contributed by atoms with Crippen LogP contribution in [-0.2, 0) is 19.1 Å². The fourth-order valence-electron chi connectivity index (χ4n) is 1.49. The molecule has 1 N–H and O–H groups in total. The van der Waals surface area contributed by atoms with E-state index in [1.807, 2.05) is 0 Å². The van der Waals surface area contributed by atoms with Crippen molar-refractivity contribution >= 4 is 29.2 Å². The number of methoxy groups -OCH3 is 1. The number of thiophene rings is 1. The molecule has 0 saturated carbocycles. The number of carbonyl (C=O) groups excluding carboxylic acids is 3. The molecule has 1 amide bonds. The predicted octanol–water partition coefficient (Wildman–Crippen LogP) is 0.981. The first-order valence-corrected chi connectivity index (χ1v) is 7.18. The van der Waals surface area contributed by atoms with Gasteiger partial charge in [0, 0.05) is 0 Å². The van der Waals surface area contributed by atoms with Crippen LogP contribution in [-0.4, -0.2) is 44.2 Å². The van der Waals surface area contributed by atoms with Crippen LogP contribution < -0.4 is 10.1 Å². The Kier molecular flexibility index (Phi) is 6.67. The Labute approximate surface area is 126 Å². The lowest BCUT2D eigenvalue weighted by molar-refractivity contribution is -0.157. The van der Waals surface area contributed by atoms with E-state index in [9.17, 15) is 14.4 Å². The van der Waals surface area contributed by atoms with Gasteiger partial charge in [0.25, 0.3) is 5.91 Å². The van der Waals surface area contributed by atoms with Crippen molar-refractivity contribution in [3.63, 3.8) is 0 Å². The number of esters is 2. The molecule has 0 aliphatic rings. The number of carbonyl (C=O) groups is 3. The lowest BCUT2D eigenvalue weighted by atomic mass is 10.3. The molecule has 1 heterocycles. The van der Waals surface area contributed by atoms with E-state index in [4.69, 9.17) is 14.2 Å². The summed E-state index contributed by atoms with van der Waals surface area (Å²) in [5.41, 5.74) is 0. The van der Waals surface area contributed by atoms with Crippen LogP contribution in [0.3, 0.4) is 0 Å². The highest BCUT2D eigenvalue weighted by atomic mass is 32.1. The van der Waals surface area contributed by atoms with Gasteiger partial charge in [-0.05, 0) is 25.3 Å². The molecule has 0 bridgehead atoms. The highest BCUT2D eigenvalue weighted by molar-refractivity contribution is 7.12. The molecule has 0 aliphatic carbocycles. The van der Waals surface area contributed by atoms with Crippen molar-refractivity contribution in [2.24, 2.45) is 0 Å². The molecule has 21 heavy (non-hydrogen) atoms. The second kappa shape index (κ2) is 8.25. The van der Waals surface area contributed by atoms with Crippen LogP contribution in [0.5, 0.6) is 5.75 Å². The largest absolute Gasteiger partial charge is 0.495 e. The Balaban J connectivity index is 2.87. The molecule has 0 atom stereocenters. The maximum absolute atomic E-state index is 12.1. The maximum Gasteiger partial charge on any atom is 0.340 e. The van der Waals surface area contributed by atoms with E-state index in [2.05, 4.69) is 5.32 Å². The molecule has 0 saturated heterocycles. The Morgan fingerprint density at radius 2 is 1.76 bits per heavy atom. The maximum atomic E-state index is 12.1. The third-order valence-corrected chi connectivity index (χ3v) is 3.27. The zero-order chi connectivity index (χ0) is 15.8. The van der Waals surface area contributed by atoms with Crippen LogP contribution in [0.4, 0.5) is 0 Å². The first kappa shape index (κ1) is 17.0. The highest BCUT2D eigenvalue weighted by Crippen LogP contribution is 2.24. The minimum Gasteiger partial charge on any atom is -0.495 e. The molecule has 7 nitrogen and oxygen atoms in total. The SMILES string of the molecule is CCOC(=O)C(NC(=O)c1sccc1OC)C(=O)OCC. The minimum atomic E-state index is -1.50. The third kappa shape index (κ3) is 4.45. The number of hydrogen-bond acceptors (Lipinski definition) is 7. The quantitative estimate of drug-likeness (QED) is 0.596. The molecule has 1 aromatic rings. The Bertz CT molecular complexity index is 495. The topological polar surface area (TPSA) is 90.9 Å². The summed E-state index contributed by atoms with van der Waals surface area (Å²) in [6.45, 7) is 3.38. The van der Waals surface area contributed by atoms with E-state index >= 15 is 0 Å². The third-order valence-electron chi connectivity index (χ3n) is 2.38. The molecule has 1 rings (SSSR count). The molecule has 8 heteroatoms. The van der Waals surface area contributed by atoms with Crippen molar-refractivity contribution < 1.29 is 28.6 Å². The van der Waals surface area contributed by atoms with Crippen LogP contribution in [0, 0.1) is 0 Å². The predicted molar refractivity (Wildman–Crippen MR) is 75.4 cm³/mol. The van der Waals surface area contributed by atoms with Crippen LogP contribution in [0.2, 0.25) is 0 Å². The van der Waals surface area contributed by atoms with Gasteiger partial charge in [0.1, 0.15) is 10.6 Å². The van der Waals surface area contributed by atoms with Gasteiger partial charge in [-0.3, -0.25) is 4.79 Å². The average Bonchev–Trinajstić information content (AvgIpc) is 2.93. The molecular weight excluding hydrogens is 298 g/mol. The number of nitrogens with one attached hydrogen (secondary N) is 1. The lowest BCUT2D eigenvalue weighted by Gasteiger charge is -2.15. The van der Waals surface area contributed by atoms with Gasteiger partial charge in [-0.25, -0.2) is 9.59 Å². The van der Waals surface area contributed by atoms with Gasteiger partial charge in [-0.2, -0.15) is 0 Å². The second-order valence-corrected chi connectivity index (χ2v) is 4.64. The number of amides is 1. The van der Waals surface area contributed by atoms with Crippen LogP contribution in [0.15, 0.2) is 11.4 Å². The van der Waals surface area contributed by atoms with Crippen molar-refractivity contribution in [3.05, 3.63) is 16.3 Å². The summed E-state index contributed by atoms with van der Waals surface area (Å²) in [6, 6.07) is 0.118. The van der Waals surface area contributed by atoms with Crippen molar-refractivity contribution in [3.8, 4) is 5.75 Å². The molecule has 0 spiro atoms. The summed E-state index contributed by atoms with van der Waals surface area (Å²) in [4.78, 5) is 35.9. The van der Waals surface area contributed by atoms with Gasteiger partial charge >= 0.3 is 11.9 Å². The Hall–Kier alpha value is -2.09. The van der Waals surface area contributed by atoms with Crippen LogP contribution in [0.25, 0.3) is 0 Å². The van der Waals surface area contributed by atoms with E-state index < -0.39 is 23.9 Å². The fourth-order valence-corrected chi connectivity index (χ4v) is 2.25. The van der Waals surface area contributed by atoms with Crippen molar-refractivity contribution in [2.75, 3.05) is 20.3 Å². The zero-order valence-corrected chi connectivity index (χ0v) is 12.8. The molecular formula is C13H17NO6S. The lowest BCUT2D eigenvalue weighted by Crippen LogP contribution is -2.48. The summed E-state index contributed by atoms with van der Waals surface area (Å²) in [5, 5.41) is 3.97. The van der Waals surface area contributed by atoms with Crippen LogP contribution >= 0.6 is 11.3 Å². The highest BCUT2D eigenvalue weighted by Gasteiger charge is 2.32. The summed E-state index contributed by atoms with van der Waals surface area (Å²) in [5.74, 6) is -1.96. The van der Waals surface area contributed by atoms with Gasteiger partial charge in [-0.1, -0.05) is 0 Å². The standard InChI is InChI=1S/C13H17NO6S/c1-4-19-12(16)9(13(17)20-5-2)14-11(15)10-8(18-3)6-7-21-10/h6-7,9H,4-5H2,1-3H3,(H,14,15). The average molecular weight is 315 g/mol. The van der Waals surface area contributed by atoms with Gasteiger partial charge < -0.3 is 19.5 Å². The summed E-state index contributed by atoms with van der Waals surface area (Å²) in [6.07, 6.45) is 0. The monoisotopic (exact) mass is 315 g/mol. The zero-order valence-electron chi connectivity index (χ0n) is 12.0. The molecule has 0 unspecified atom stereocenters. The first-order chi connectivity index (χ1) is 10.0. The first-order valence-electron chi connectivity index (χ1n) is 6.30. The molecule has 116 valence electrons. The van der Waals surface area contributed by atoms with Crippen molar-refractivity contribution in [2.45, 2.75) is 19.9 Å². The Morgan fingerprint density at radius 3 is 2.24 bits per heavy atom. The van der Waals surface area contributed by atoms with Crippen molar-refractivity contribution in [1.82, 2.24) is 5.32 Å². The fraction of sp³-hybridized carbons (Fsp3) is 0.462. The van der Waals surface area contributed by atoms with E-state index in [0.717, 1.165) is 11.3 Å². The van der Waals surface area contributed by atoms with E-state index in [1.165, 1.54) is 7.11 Å². The molecule has 0 aromatic carbocycles.